The Bertz CT molecular complexity index is 773. The molecule has 4 aliphatic rings. The van der Waals surface area contributed by atoms with Crippen LogP contribution in [0.5, 0.6) is 0 Å². The van der Waals surface area contributed by atoms with Gasteiger partial charge in [0, 0.05) is 32.1 Å². The maximum atomic E-state index is 13.6. The molecule has 0 unspecified atom stereocenters. The van der Waals surface area contributed by atoms with Gasteiger partial charge in [0.1, 0.15) is 5.54 Å². The molecule has 4 rings (SSSR count). The highest BCUT2D eigenvalue weighted by Crippen LogP contribution is 2.37. The quantitative estimate of drug-likeness (QED) is 0.445. The Labute approximate surface area is 198 Å². The van der Waals surface area contributed by atoms with Gasteiger partial charge in [-0.25, -0.2) is 4.79 Å². The van der Waals surface area contributed by atoms with Crippen molar-refractivity contribution in [3.63, 3.8) is 0 Å². The second-order valence-corrected chi connectivity index (χ2v) is 10.6. The van der Waals surface area contributed by atoms with Gasteiger partial charge >= 0.3 is 6.03 Å². The lowest BCUT2D eigenvalue weighted by molar-refractivity contribution is -0.136. The lowest BCUT2D eigenvalue weighted by atomic mass is 9.74. The fourth-order valence-corrected chi connectivity index (χ4v) is 6.51. The molecule has 7 heteroatoms. The summed E-state index contributed by atoms with van der Waals surface area (Å²) >= 11 is 0. The van der Waals surface area contributed by atoms with E-state index in [1.165, 1.54) is 29.7 Å². The number of allylic oxidation sites excluding steroid dienone is 1. The molecule has 3 heterocycles. The van der Waals surface area contributed by atoms with E-state index in [0.717, 1.165) is 51.5 Å². The summed E-state index contributed by atoms with van der Waals surface area (Å²) in [5, 5.41) is 3.15. The summed E-state index contributed by atoms with van der Waals surface area (Å²) < 4.78 is 0. The topological polar surface area (TPSA) is 73.0 Å². The molecule has 0 aromatic rings. The average Bonchev–Trinajstić information content (AvgIpc) is 3.33. The Balaban J connectivity index is 1.36. The van der Waals surface area contributed by atoms with Crippen LogP contribution in [-0.4, -0.2) is 77.4 Å². The van der Waals surface area contributed by atoms with E-state index < -0.39 is 5.54 Å². The molecule has 3 saturated heterocycles. The Hall–Kier alpha value is -1.89. The molecule has 0 aromatic heterocycles. The van der Waals surface area contributed by atoms with Crippen molar-refractivity contribution >= 4 is 17.8 Å². The summed E-state index contributed by atoms with van der Waals surface area (Å²) in [5.41, 5.74) is 0.492. The zero-order valence-electron chi connectivity index (χ0n) is 20.6. The normalized spacial score (nSPS) is 29.5. The minimum atomic E-state index is -0.797. The van der Waals surface area contributed by atoms with Crippen LogP contribution in [-0.2, 0) is 9.59 Å². The summed E-state index contributed by atoms with van der Waals surface area (Å²) in [6.07, 6.45) is 13.6. The average molecular weight is 459 g/mol. The molecule has 3 fully saturated rings. The largest absolute Gasteiger partial charge is 0.342 e. The fourth-order valence-electron chi connectivity index (χ4n) is 6.51. The minimum absolute atomic E-state index is 0.0351. The number of hydrogen-bond donors (Lipinski definition) is 1. The summed E-state index contributed by atoms with van der Waals surface area (Å²) in [4.78, 5) is 45.2. The van der Waals surface area contributed by atoms with E-state index >= 15 is 0 Å². The summed E-state index contributed by atoms with van der Waals surface area (Å²) in [6.45, 7) is 5.03. The first-order chi connectivity index (χ1) is 15.9. The molecule has 1 aliphatic carbocycles. The van der Waals surface area contributed by atoms with Crippen molar-refractivity contribution in [1.82, 2.24) is 20.0 Å². The number of imide groups is 1. The van der Waals surface area contributed by atoms with E-state index in [2.05, 4.69) is 30.3 Å². The van der Waals surface area contributed by atoms with Gasteiger partial charge in [0.25, 0.3) is 5.91 Å². The third-order valence-corrected chi connectivity index (χ3v) is 8.51. The van der Waals surface area contributed by atoms with Crippen molar-refractivity contribution in [3.05, 3.63) is 11.6 Å². The van der Waals surface area contributed by atoms with Gasteiger partial charge in [0.05, 0.1) is 0 Å². The molecule has 0 saturated carbocycles. The molecule has 4 amide bonds. The molecule has 0 radical (unpaired) electrons. The van der Waals surface area contributed by atoms with E-state index in [1.54, 1.807) is 0 Å². The Kier molecular flexibility index (Phi) is 7.77. The number of rotatable bonds is 8. The number of likely N-dealkylation sites (tertiary alicyclic amines) is 2. The zero-order chi connectivity index (χ0) is 23.4. The van der Waals surface area contributed by atoms with Crippen molar-refractivity contribution in [1.29, 1.82) is 0 Å². The molecule has 184 valence electrons. The van der Waals surface area contributed by atoms with Gasteiger partial charge in [0.2, 0.25) is 5.91 Å². The molecule has 0 spiro atoms. The number of amides is 4. The molecule has 0 bridgehead atoms. The third-order valence-electron chi connectivity index (χ3n) is 8.51. The smallest absolute Gasteiger partial charge is 0.325 e. The van der Waals surface area contributed by atoms with Crippen molar-refractivity contribution in [3.8, 4) is 0 Å². The highest BCUT2D eigenvalue weighted by Gasteiger charge is 2.55. The van der Waals surface area contributed by atoms with E-state index in [9.17, 15) is 14.4 Å². The Morgan fingerprint density at radius 1 is 1.12 bits per heavy atom. The number of carbonyl (C=O) groups is 3. The van der Waals surface area contributed by atoms with Gasteiger partial charge in [-0.05, 0) is 83.7 Å². The van der Waals surface area contributed by atoms with Gasteiger partial charge in [0.15, 0.2) is 0 Å². The summed E-state index contributed by atoms with van der Waals surface area (Å²) in [6, 6.07) is 0.233. The standard InChI is InChI=1S/C26H42N4O3/c1-3-14-26(24(32)30(25(33)27-26)18-13-22-10-7-15-28(22)2)21-11-16-29(17-12-21)23(31)19-20-8-5-4-6-9-20/h8,21-22H,3-7,9-19H2,1-2H3,(H,27,33)/t22-,26+/m1/s1. The molecular weight excluding hydrogens is 416 g/mol. The second kappa shape index (κ2) is 10.6. The van der Waals surface area contributed by atoms with Gasteiger partial charge in [-0.2, -0.15) is 0 Å². The van der Waals surface area contributed by atoms with E-state index in [1.807, 2.05) is 4.90 Å². The van der Waals surface area contributed by atoms with E-state index in [-0.39, 0.29) is 23.8 Å². The fraction of sp³-hybridized carbons (Fsp3) is 0.808. The van der Waals surface area contributed by atoms with Crippen molar-refractivity contribution in [2.45, 2.75) is 95.6 Å². The first kappa shape index (κ1) is 24.2. The maximum absolute atomic E-state index is 13.6. The lowest BCUT2D eigenvalue weighted by Gasteiger charge is -2.41. The molecule has 33 heavy (non-hydrogen) atoms. The van der Waals surface area contributed by atoms with Gasteiger partial charge in [-0.15, -0.1) is 0 Å². The van der Waals surface area contributed by atoms with Crippen LogP contribution < -0.4 is 5.32 Å². The van der Waals surface area contributed by atoms with E-state index in [0.29, 0.717) is 38.5 Å². The van der Waals surface area contributed by atoms with Crippen LogP contribution in [0.4, 0.5) is 4.79 Å². The monoisotopic (exact) mass is 458 g/mol. The molecular formula is C26H42N4O3. The molecule has 3 aliphatic heterocycles. The number of piperidine rings is 1. The van der Waals surface area contributed by atoms with Gasteiger partial charge < -0.3 is 15.1 Å². The Morgan fingerprint density at radius 3 is 2.55 bits per heavy atom. The number of hydrogen-bond acceptors (Lipinski definition) is 4. The first-order valence-electron chi connectivity index (χ1n) is 13.2. The number of nitrogens with one attached hydrogen (secondary N) is 1. The van der Waals surface area contributed by atoms with Crippen LogP contribution in [0.2, 0.25) is 0 Å². The third kappa shape index (κ3) is 5.13. The summed E-state index contributed by atoms with van der Waals surface area (Å²) in [7, 11) is 2.13. The van der Waals surface area contributed by atoms with Crippen LogP contribution in [0.15, 0.2) is 11.6 Å². The van der Waals surface area contributed by atoms with Crippen LogP contribution in [0.25, 0.3) is 0 Å². The molecule has 1 N–H and O–H groups in total. The van der Waals surface area contributed by atoms with Crippen molar-refractivity contribution < 1.29 is 14.4 Å². The predicted octanol–water partition coefficient (Wildman–Crippen LogP) is 3.69. The second-order valence-electron chi connectivity index (χ2n) is 10.6. The van der Waals surface area contributed by atoms with E-state index in [4.69, 9.17) is 0 Å². The van der Waals surface area contributed by atoms with Crippen molar-refractivity contribution in [2.24, 2.45) is 5.92 Å². The summed E-state index contributed by atoms with van der Waals surface area (Å²) in [5.74, 6) is 0.272. The highest BCUT2D eigenvalue weighted by molar-refractivity contribution is 6.07. The highest BCUT2D eigenvalue weighted by atomic mass is 16.2. The van der Waals surface area contributed by atoms with Crippen LogP contribution in [0.1, 0.15) is 84.0 Å². The lowest BCUT2D eigenvalue weighted by Crippen LogP contribution is -2.56. The Morgan fingerprint density at radius 2 is 1.91 bits per heavy atom. The SMILES string of the molecule is CCC[C@@]1(C2CCN(C(=O)CC3=CCCCC3)CC2)NC(=O)N(CC[C@H]2CCCN2C)C1=O. The van der Waals surface area contributed by atoms with Gasteiger partial charge in [-0.3, -0.25) is 14.5 Å². The molecule has 0 aromatic carbocycles. The number of nitrogens with zero attached hydrogens (tertiary/aromatic N) is 3. The molecule has 7 nitrogen and oxygen atoms in total. The number of carbonyl (C=O) groups excluding carboxylic acids is 3. The maximum Gasteiger partial charge on any atom is 0.325 e. The van der Waals surface area contributed by atoms with Crippen LogP contribution >= 0.6 is 0 Å². The first-order valence-corrected chi connectivity index (χ1v) is 13.2. The predicted molar refractivity (Wildman–Crippen MR) is 129 cm³/mol. The minimum Gasteiger partial charge on any atom is -0.342 e. The molecule has 2 atom stereocenters. The van der Waals surface area contributed by atoms with Gasteiger partial charge in [-0.1, -0.05) is 25.0 Å². The van der Waals surface area contributed by atoms with Crippen molar-refractivity contribution in [2.75, 3.05) is 33.2 Å². The number of urea groups is 1. The zero-order valence-corrected chi connectivity index (χ0v) is 20.6. The van der Waals surface area contributed by atoms with Crippen LogP contribution in [0, 0.1) is 5.92 Å². The van der Waals surface area contributed by atoms with Crippen LogP contribution in [0.3, 0.4) is 0 Å².